The van der Waals surface area contributed by atoms with Gasteiger partial charge in [0.1, 0.15) is 11.9 Å². The number of fused-ring (bicyclic) bond motifs is 5. The third-order valence-electron chi connectivity index (χ3n) is 8.57. The molecule has 134 valence electrons. The third kappa shape index (κ3) is 2.44. The molecule has 0 aromatic rings. The third-order valence-corrected chi connectivity index (χ3v) is 9.04. The van der Waals surface area contributed by atoms with Crippen LogP contribution in [0.15, 0.2) is 0 Å². The van der Waals surface area contributed by atoms with Gasteiger partial charge in [-0.1, -0.05) is 13.8 Å². The van der Waals surface area contributed by atoms with Crippen molar-refractivity contribution >= 4 is 14.0 Å². The highest BCUT2D eigenvalue weighted by Gasteiger charge is 2.60. The van der Waals surface area contributed by atoms with Gasteiger partial charge in [0.25, 0.3) is 0 Å². The molecule has 0 spiro atoms. The Kier molecular flexibility index (Phi) is 4.18. The molecule has 4 aliphatic carbocycles. The van der Waals surface area contributed by atoms with Crippen molar-refractivity contribution in [2.24, 2.45) is 34.5 Å². The molecule has 0 radical (unpaired) electrons. The largest absolute Gasteiger partial charge is 0.694 e. The van der Waals surface area contributed by atoms with Gasteiger partial charge >= 0.3 is 8.25 Å². The van der Waals surface area contributed by atoms with Gasteiger partial charge in [0.2, 0.25) is 0 Å². The lowest BCUT2D eigenvalue weighted by Crippen LogP contribution is -2.54. The van der Waals surface area contributed by atoms with E-state index in [1.54, 1.807) is 0 Å². The van der Waals surface area contributed by atoms with Crippen LogP contribution in [0.25, 0.3) is 0 Å². The second-order valence-electron chi connectivity index (χ2n) is 9.31. The van der Waals surface area contributed by atoms with Gasteiger partial charge in [-0.25, -0.2) is 0 Å². The van der Waals surface area contributed by atoms with E-state index in [1.165, 1.54) is 19.3 Å². The number of hydrogen-bond donors (Lipinski definition) is 1. The molecule has 1 N–H and O–H groups in total. The average molecular weight is 353 g/mol. The van der Waals surface area contributed by atoms with Crippen molar-refractivity contribution in [3.05, 3.63) is 0 Å². The highest BCUT2D eigenvalue weighted by molar-refractivity contribution is 7.32. The zero-order valence-corrected chi connectivity index (χ0v) is 15.8. The summed E-state index contributed by atoms with van der Waals surface area (Å²) in [6, 6.07) is 0. The number of Topliss-reactive ketones (excluding diaryl/α,β-unsaturated/α-hetero) is 1. The minimum absolute atomic E-state index is 0.0417. The van der Waals surface area contributed by atoms with Crippen molar-refractivity contribution in [1.29, 1.82) is 0 Å². The summed E-state index contributed by atoms with van der Waals surface area (Å²) in [6.07, 6.45) is 9.48. The van der Waals surface area contributed by atoms with Crippen molar-refractivity contribution in [1.82, 2.24) is 0 Å². The molecule has 0 aromatic heterocycles. The Morgan fingerprint density at radius 2 is 1.88 bits per heavy atom. The summed E-state index contributed by atoms with van der Waals surface area (Å²) in [5, 5.41) is 0. The highest BCUT2D eigenvalue weighted by atomic mass is 31.1. The minimum Gasteiger partial charge on any atom is -0.299 e. The van der Waals surface area contributed by atoms with Gasteiger partial charge in [0.05, 0.1) is 0 Å². The Balaban J connectivity index is 1.54. The molecule has 4 rings (SSSR count). The first-order valence-electron chi connectivity index (χ1n) is 9.71. The maximum Gasteiger partial charge on any atom is 0.694 e. The molecule has 0 heterocycles. The van der Waals surface area contributed by atoms with Gasteiger partial charge in [0.15, 0.2) is 0 Å². The van der Waals surface area contributed by atoms with E-state index in [2.05, 4.69) is 13.8 Å². The smallest absolute Gasteiger partial charge is 0.299 e. The summed E-state index contributed by atoms with van der Waals surface area (Å²) in [5.74, 6) is 3.16. The Morgan fingerprint density at radius 1 is 1.08 bits per heavy atom. The van der Waals surface area contributed by atoms with E-state index < -0.39 is 8.25 Å². The minimum atomic E-state index is -2.49. The fourth-order valence-corrected chi connectivity index (χ4v) is 7.66. The van der Waals surface area contributed by atoms with E-state index in [1.807, 2.05) is 0 Å². The lowest BCUT2D eigenvalue weighted by Gasteiger charge is -2.59. The van der Waals surface area contributed by atoms with E-state index >= 15 is 0 Å². The lowest BCUT2D eigenvalue weighted by molar-refractivity contribution is -0.141. The second kappa shape index (κ2) is 5.86. The molecule has 8 unspecified atom stereocenters. The van der Waals surface area contributed by atoms with Crippen molar-refractivity contribution in [2.45, 2.75) is 77.7 Å². The Labute approximate surface area is 145 Å². The molecule has 8 atom stereocenters. The second-order valence-corrected chi connectivity index (χ2v) is 10.0. The number of ketones is 1. The SMILES string of the molecule is CC12CCC3C(CCC4CC(O[P+](=O)O)CCC43C)C1CCC2=O. The Bertz CT molecular complexity index is 564. The predicted molar refractivity (Wildman–Crippen MR) is 91.4 cm³/mol. The van der Waals surface area contributed by atoms with Gasteiger partial charge in [-0.15, -0.1) is 9.42 Å². The van der Waals surface area contributed by atoms with E-state index in [0.29, 0.717) is 29.0 Å². The van der Waals surface area contributed by atoms with Gasteiger partial charge in [-0.05, 0) is 80.5 Å². The van der Waals surface area contributed by atoms with Gasteiger partial charge in [0, 0.05) is 16.4 Å². The van der Waals surface area contributed by atoms with Crippen molar-refractivity contribution in [2.75, 3.05) is 0 Å². The average Bonchev–Trinajstić information content (AvgIpc) is 2.83. The molecule has 4 nitrogen and oxygen atoms in total. The molecule has 0 amide bonds. The number of carbonyl (C=O) groups is 1. The Morgan fingerprint density at radius 3 is 2.62 bits per heavy atom. The molecule has 5 heteroatoms. The molecular formula is C19H30O4P+. The summed E-state index contributed by atoms with van der Waals surface area (Å²) in [7, 11) is -2.49. The maximum absolute atomic E-state index is 12.4. The highest BCUT2D eigenvalue weighted by Crippen LogP contribution is 2.65. The van der Waals surface area contributed by atoms with Crippen molar-refractivity contribution < 1.29 is 18.8 Å². The molecule has 4 aliphatic rings. The summed E-state index contributed by atoms with van der Waals surface area (Å²) in [5.41, 5.74) is 0.288. The first-order chi connectivity index (χ1) is 11.3. The molecule has 0 aromatic carbocycles. The van der Waals surface area contributed by atoms with E-state index in [9.17, 15) is 9.36 Å². The zero-order valence-electron chi connectivity index (χ0n) is 14.9. The van der Waals surface area contributed by atoms with Gasteiger partial charge in [-0.3, -0.25) is 4.79 Å². The van der Waals surface area contributed by atoms with Crippen LogP contribution >= 0.6 is 8.25 Å². The molecule has 4 saturated carbocycles. The summed E-state index contributed by atoms with van der Waals surface area (Å²) >= 11 is 0. The van der Waals surface area contributed by atoms with Crippen LogP contribution in [0.5, 0.6) is 0 Å². The summed E-state index contributed by atoms with van der Waals surface area (Å²) in [6.45, 7) is 4.70. The van der Waals surface area contributed by atoms with Crippen LogP contribution in [0.4, 0.5) is 0 Å². The first-order valence-corrected chi connectivity index (χ1v) is 10.8. The van der Waals surface area contributed by atoms with E-state index in [4.69, 9.17) is 9.42 Å². The van der Waals surface area contributed by atoms with Crippen LogP contribution < -0.4 is 0 Å². The molecular weight excluding hydrogens is 323 g/mol. The van der Waals surface area contributed by atoms with Gasteiger partial charge in [-0.2, -0.15) is 0 Å². The number of rotatable bonds is 2. The summed E-state index contributed by atoms with van der Waals surface area (Å²) in [4.78, 5) is 21.5. The standard InChI is InChI=1S/C19H29O4P/c1-18-9-7-13(23-24(21)22)11-12(18)3-4-14-15-5-6-17(20)19(15,2)10-8-16(14)18/h12-16H,3-11H2,1-2H3/p+1. The fraction of sp³-hybridized carbons (Fsp3) is 0.947. The van der Waals surface area contributed by atoms with Crippen LogP contribution in [-0.2, 0) is 13.9 Å². The monoisotopic (exact) mass is 353 g/mol. The predicted octanol–water partition coefficient (Wildman–Crippen LogP) is 4.63. The lowest BCUT2D eigenvalue weighted by atomic mass is 9.45. The molecule has 4 fully saturated rings. The molecule has 0 aliphatic heterocycles. The zero-order chi connectivity index (χ0) is 17.1. The fourth-order valence-electron chi connectivity index (χ4n) is 7.21. The van der Waals surface area contributed by atoms with E-state index in [-0.39, 0.29) is 11.5 Å². The maximum atomic E-state index is 12.4. The quantitative estimate of drug-likeness (QED) is 0.735. The normalized spacial score (nSPS) is 51.5. The topological polar surface area (TPSA) is 63.6 Å². The van der Waals surface area contributed by atoms with E-state index in [0.717, 1.165) is 44.4 Å². The first kappa shape index (κ1) is 17.1. The van der Waals surface area contributed by atoms with Crippen molar-refractivity contribution in [3.8, 4) is 0 Å². The van der Waals surface area contributed by atoms with Crippen LogP contribution in [0, 0.1) is 34.5 Å². The summed E-state index contributed by atoms with van der Waals surface area (Å²) < 4.78 is 16.3. The molecule has 24 heavy (non-hydrogen) atoms. The number of carbonyl (C=O) groups excluding carboxylic acids is 1. The van der Waals surface area contributed by atoms with Crippen LogP contribution in [0.1, 0.15) is 71.6 Å². The number of hydrogen-bond acceptors (Lipinski definition) is 3. The van der Waals surface area contributed by atoms with Crippen LogP contribution in [0.3, 0.4) is 0 Å². The Hall–Kier alpha value is -0.310. The van der Waals surface area contributed by atoms with Gasteiger partial charge < -0.3 is 0 Å². The van der Waals surface area contributed by atoms with Crippen LogP contribution in [-0.4, -0.2) is 16.8 Å². The molecule has 0 saturated heterocycles. The van der Waals surface area contributed by atoms with Crippen LogP contribution in [0.2, 0.25) is 0 Å². The molecule has 0 bridgehead atoms. The van der Waals surface area contributed by atoms with Crippen molar-refractivity contribution in [3.63, 3.8) is 0 Å².